The van der Waals surface area contributed by atoms with E-state index < -0.39 is 5.54 Å². The summed E-state index contributed by atoms with van der Waals surface area (Å²) in [4.78, 5) is 14.3. The third kappa shape index (κ3) is 3.57. The number of hydrogen-bond acceptors (Lipinski definition) is 4. The number of nitrogens with zero attached hydrogens (tertiary/aromatic N) is 1. The highest BCUT2D eigenvalue weighted by Gasteiger charge is 2.50. The Hall–Kier alpha value is -2.24. The number of ether oxygens (including phenoxy) is 1. The molecule has 25 heavy (non-hydrogen) atoms. The lowest BCUT2D eigenvalue weighted by molar-refractivity contribution is -0.132. The first kappa shape index (κ1) is 17.6. The third-order valence-electron chi connectivity index (χ3n) is 5.40. The molecule has 1 amide bonds. The smallest absolute Gasteiger partial charge is 0.258 e. The number of rotatable bonds is 6. The van der Waals surface area contributed by atoms with Gasteiger partial charge in [0.15, 0.2) is 11.5 Å². The molecule has 2 aliphatic rings. The van der Waals surface area contributed by atoms with Crippen molar-refractivity contribution in [2.75, 3.05) is 26.0 Å². The van der Waals surface area contributed by atoms with Crippen LogP contribution in [0.5, 0.6) is 5.75 Å². The summed E-state index contributed by atoms with van der Waals surface area (Å²) in [6.07, 6.45) is 6.77. The predicted molar refractivity (Wildman–Crippen MR) is 99.0 cm³/mol. The SMILES string of the molecule is CNc1ccccc1OCC1(CC2CCCCC2)NC(=N)N(C)C1=O. The Morgan fingerprint density at radius 2 is 2.04 bits per heavy atom. The van der Waals surface area contributed by atoms with Gasteiger partial charge in [-0.05, 0) is 24.5 Å². The fourth-order valence-electron chi connectivity index (χ4n) is 3.97. The highest BCUT2D eigenvalue weighted by molar-refractivity contribution is 6.07. The van der Waals surface area contributed by atoms with E-state index in [9.17, 15) is 4.79 Å². The van der Waals surface area contributed by atoms with Gasteiger partial charge in [-0.3, -0.25) is 15.1 Å². The molecule has 0 radical (unpaired) electrons. The van der Waals surface area contributed by atoms with Crippen molar-refractivity contribution >= 4 is 17.6 Å². The van der Waals surface area contributed by atoms with Crippen LogP contribution in [-0.4, -0.2) is 43.0 Å². The number of amides is 1. The molecule has 1 heterocycles. The predicted octanol–water partition coefficient (Wildman–Crippen LogP) is 2.81. The zero-order valence-electron chi connectivity index (χ0n) is 15.1. The summed E-state index contributed by atoms with van der Waals surface area (Å²) in [5, 5.41) is 14.3. The molecule has 0 spiro atoms. The first-order valence-electron chi connectivity index (χ1n) is 9.10. The minimum atomic E-state index is -0.839. The minimum absolute atomic E-state index is 0.0648. The Morgan fingerprint density at radius 3 is 2.68 bits per heavy atom. The van der Waals surface area contributed by atoms with Gasteiger partial charge in [0.1, 0.15) is 12.4 Å². The van der Waals surface area contributed by atoms with Crippen LogP contribution in [0, 0.1) is 11.3 Å². The van der Waals surface area contributed by atoms with E-state index in [1.165, 1.54) is 24.2 Å². The van der Waals surface area contributed by atoms with Gasteiger partial charge in [-0.2, -0.15) is 0 Å². The lowest BCUT2D eigenvalue weighted by Gasteiger charge is -2.32. The maximum Gasteiger partial charge on any atom is 0.258 e. The van der Waals surface area contributed by atoms with E-state index in [1.54, 1.807) is 7.05 Å². The molecule has 1 saturated heterocycles. The number of para-hydroxylation sites is 2. The number of benzene rings is 1. The summed E-state index contributed by atoms with van der Waals surface area (Å²) in [7, 11) is 3.50. The van der Waals surface area contributed by atoms with Crippen LogP contribution < -0.4 is 15.4 Å². The largest absolute Gasteiger partial charge is 0.488 e. The van der Waals surface area contributed by atoms with Crippen molar-refractivity contribution < 1.29 is 9.53 Å². The minimum Gasteiger partial charge on any atom is -0.488 e. The first-order valence-corrected chi connectivity index (χ1v) is 9.10. The molecule has 1 aromatic carbocycles. The Bertz CT molecular complexity index is 642. The zero-order chi connectivity index (χ0) is 17.9. The molecular formula is C19H28N4O2. The average Bonchev–Trinajstić information content (AvgIpc) is 2.85. The van der Waals surface area contributed by atoms with Crippen LogP contribution in [0.2, 0.25) is 0 Å². The molecule has 1 atom stereocenters. The van der Waals surface area contributed by atoms with Crippen LogP contribution in [0.3, 0.4) is 0 Å². The number of hydrogen-bond donors (Lipinski definition) is 3. The molecule has 0 aromatic heterocycles. The van der Waals surface area contributed by atoms with Gasteiger partial charge in [-0.25, -0.2) is 0 Å². The molecule has 136 valence electrons. The highest BCUT2D eigenvalue weighted by atomic mass is 16.5. The molecule has 6 nitrogen and oxygen atoms in total. The van der Waals surface area contributed by atoms with Gasteiger partial charge in [-0.15, -0.1) is 0 Å². The van der Waals surface area contributed by atoms with E-state index >= 15 is 0 Å². The van der Waals surface area contributed by atoms with E-state index in [1.807, 2.05) is 31.3 Å². The van der Waals surface area contributed by atoms with Crippen molar-refractivity contribution in [2.24, 2.45) is 5.92 Å². The van der Waals surface area contributed by atoms with E-state index in [4.69, 9.17) is 10.1 Å². The summed E-state index contributed by atoms with van der Waals surface area (Å²) in [6.45, 7) is 0.230. The molecule has 6 heteroatoms. The lowest BCUT2D eigenvalue weighted by atomic mass is 9.79. The number of likely N-dealkylation sites (N-methyl/N-ethyl adjacent to an activating group) is 1. The normalized spacial score (nSPS) is 24.3. The van der Waals surface area contributed by atoms with Gasteiger partial charge in [-0.1, -0.05) is 44.2 Å². The first-order chi connectivity index (χ1) is 12.1. The van der Waals surface area contributed by atoms with E-state index in [0.29, 0.717) is 5.92 Å². The molecule has 1 aliphatic carbocycles. The summed E-state index contributed by atoms with van der Waals surface area (Å²) >= 11 is 0. The topological polar surface area (TPSA) is 77.5 Å². The number of carbonyl (C=O) groups is 1. The number of guanidine groups is 1. The number of nitrogens with one attached hydrogen (secondary N) is 3. The summed E-state index contributed by atoms with van der Waals surface area (Å²) < 4.78 is 6.05. The molecular weight excluding hydrogens is 316 g/mol. The maximum absolute atomic E-state index is 12.9. The monoisotopic (exact) mass is 344 g/mol. The van der Waals surface area contributed by atoms with Crippen LogP contribution in [0.25, 0.3) is 0 Å². The molecule has 1 unspecified atom stereocenters. The van der Waals surface area contributed by atoms with Crippen LogP contribution in [-0.2, 0) is 4.79 Å². The van der Waals surface area contributed by atoms with E-state index in [0.717, 1.165) is 30.7 Å². The second-order valence-electron chi connectivity index (χ2n) is 7.16. The number of anilines is 1. The van der Waals surface area contributed by atoms with Crippen molar-refractivity contribution in [3.8, 4) is 5.75 Å². The Labute approximate surface area is 149 Å². The molecule has 1 aliphatic heterocycles. The highest BCUT2D eigenvalue weighted by Crippen LogP contribution is 2.34. The van der Waals surface area contributed by atoms with Gasteiger partial charge in [0.05, 0.1) is 5.69 Å². The van der Waals surface area contributed by atoms with Gasteiger partial charge >= 0.3 is 0 Å². The lowest BCUT2D eigenvalue weighted by Crippen LogP contribution is -2.53. The fraction of sp³-hybridized carbons (Fsp3) is 0.579. The van der Waals surface area contributed by atoms with Crippen molar-refractivity contribution in [3.63, 3.8) is 0 Å². The summed E-state index contributed by atoms with van der Waals surface area (Å²) in [5.41, 5.74) is 0.0542. The van der Waals surface area contributed by atoms with Gasteiger partial charge in [0.25, 0.3) is 5.91 Å². The van der Waals surface area contributed by atoms with Crippen molar-refractivity contribution in [2.45, 2.75) is 44.1 Å². The van der Waals surface area contributed by atoms with Crippen LogP contribution >= 0.6 is 0 Å². The van der Waals surface area contributed by atoms with Gasteiger partial charge in [0.2, 0.25) is 0 Å². The summed E-state index contributed by atoms with van der Waals surface area (Å²) in [5.74, 6) is 1.33. The zero-order valence-corrected chi connectivity index (χ0v) is 15.1. The van der Waals surface area contributed by atoms with Crippen molar-refractivity contribution in [1.29, 1.82) is 5.41 Å². The quantitative estimate of drug-likeness (QED) is 0.741. The second-order valence-corrected chi connectivity index (χ2v) is 7.16. The number of carbonyl (C=O) groups excluding carboxylic acids is 1. The molecule has 3 rings (SSSR count). The third-order valence-corrected chi connectivity index (χ3v) is 5.40. The standard InChI is InChI=1S/C19H28N4O2/c1-21-15-10-6-7-11-16(15)25-13-19(12-14-8-4-3-5-9-14)17(24)23(2)18(20)22-19/h6-7,10-11,14,21H,3-5,8-9,12-13H2,1-2H3,(H2,20,22). The van der Waals surface area contributed by atoms with E-state index in [2.05, 4.69) is 10.6 Å². The second kappa shape index (κ2) is 7.33. The van der Waals surface area contributed by atoms with Crippen LogP contribution in [0.4, 0.5) is 5.69 Å². The molecule has 3 N–H and O–H groups in total. The Morgan fingerprint density at radius 1 is 1.32 bits per heavy atom. The van der Waals surface area contributed by atoms with Gasteiger partial charge in [0, 0.05) is 14.1 Å². The summed E-state index contributed by atoms with van der Waals surface area (Å²) in [6, 6.07) is 7.71. The molecule has 0 bridgehead atoms. The van der Waals surface area contributed by atoms with Crippen LogP contribution in [0.15, 0.2) is 24.3 Å². The molecule has 1 saturated carbocycles. The molecule has 2 fully saturated rings. The van der Waals surface area contributed by atoms with Crippen molar-refractivity contribution in [1.82, 2.24) is 10.2 Å². The maximum atomic E-state index is 12.9. The Kier molecular flexibility index (Phi) is 5.16. The van der Waals surface area contributed by atoms with E-state index in [-0.39, 0.29) is 18.5 Å². The fourth-order valence-corrected chi connectivity index (χ4v) is 3.97. The molecule has 1 aromatic rings. The Balaban J connectivity index is 1.79. The van der Waals surface area contributed by atoms with Gasteiger partial charge < -0.3 is 15.4 Å². The van der Waals surface area contributed by atoms with Crippen molar-refractivity contribution in [3.05, 3.63) is 24.3 Å². The van der Waals surface area contributed by atoms with Crippen LogP contribution in [0.1, 0.15) is 38.5 Å². The average molecular weight is 344 g/mol.